The molecule has 3 amide bonds. The fourth-order valence-electron chi connectivity index (χ4n) is 2.78. The molecular formula is C21H23N5O4S. The highest BCUT2D eigenvalue weighted by Crippen LogP contribution is 2.16. The maximum Gasteiger partial charge on any atom is 0.290 e. The summed E-state index contributed by atoms with van der Waals surface area (Å²) in [5.74, 6) is -0.683. The summed E-state index contributed by atoms with van der Waals surface area (Å²) in [7, 11) is 0. The minimum atomic E-state index is -0.364. The molecule has 31 heavy (non-hydrogen) atoms. The third-order valence-electron chi connectivity index (χ3n) is 4.23. The topological polar surface area (TPSA) is 117 Å². The molecule has 0 saturated carbocycles. The fraction of sp³-hybridized carbons (Fsp3) is 0.286. The second kappa shape index (κ2) is 11.0. The summed E-state index contributed by atoms with van der Waals surface area (Å²) in [6.07, 6.45) is 5.56. The molecule has 0 radical (unpaired) electrons. The van der Waals surface area contributed by atoms with E-state index in [1.807, 2.05) is 19.1 Å². The van der Waals surface area contributed by atoms with Gasteiger partial charge in [-0.2, -0.15) is 0 Å². The molecule has 162 valence electrons. The molecule has 0 spiro atoms. The Bertz CT molecular complexity index is 1000. The van der Waals surface area contributed by atoms with E-state index in [2.05, 4.69) is 20.6 Å². The van der Waals surface area contributed by atoms with Crippen molar-refractivity contribution in [2.75, 3.05) is 18.4 Å². The Kier molecular flexibility index (Phi) is 7.88. The van der Waals surface area contributed by atoms with Crippen LogP contribution in [0.2, 0.25) is 0 Å². The lowest BCUT2D eigenvalue weighted by molar-refractivity contribution is -0.120. The van der Waals surface area contributed by atoms with E-state index in [0.717, 1.165) is 5.56 Å². The zero-order chi connectivity index (χ0) is 22.1. The number of nitrogens with zero attached hydrogens (tertiary/aromatic N) is 3. The van der Waals surface area contributed by atoms with Crippen LogP contribution >= 0.6 is 11.3 Å². The van der Waals surface area contributed by atoms with Crippen molar-refractivity contribution in [2.45, 2.75) is 26.3 Å². The first-order chi connectivity index (χ1) is 15.0. The number of hydrogen-bond donors (Lipinski definition) is 2. The van der Waals surface area contributed by atoms with E-state index in [9.17, 15) is 14.4 Å². The SMILES string of the molecule is CCCN(CC(=O)Nc1nc(CC(=O)NCc2ccncc2)cs1)C(=O)c1ccco1. The van der Waals surface area contributed by atoms with Gasteiger partial charge in [0, 0.05) is 30.9 Å². The van der Waals surface area contributed by atoms with Crippen LogP contribution in [0.4, 0.5) is 5.13 Å². The van der Waals surface area contributed by atoms with Gasteiger partial charge in [0.15, 0.2) is 10.9 Å². The number of amides is 3. The van der Waals surface area contributed by atoms with Crippen molar-refractivity contribution in [1.29, 1.82) is 0 Å². The number of carbonyl (C=O) groups is 3. The fourth-order valence-corrected chi connectivity index (χ4v) is 3.51. The maximum absolute atomic E-state index is 12.5. The number of pyridine rings is 1. The molecular weight excluding hydrogens is 418 g/mol. The Morgan fingerprint density at radius 1 is 1.16 bits per heavy atom. The molecule has 2 N–H and O–H groups in total. The van der Waals surface area contributed by atoms with Gasteiger partial charge in [-0.3, -0.25) is 19.4 Å². The first kappa shape index (κ1) is 22.2. The Balaban J connectivity index is 1.49. The molecule has 3 rings (SSSR count). The molecule has 0 bridgehead atoms. The van der Waals surface area contributed by atoms with Crippen molar-refractivity contribution in [3.63, 3.8) is 0 Å². The van der Waals surface area contributed by atoms with Gasteiger partial charge in [0.1, 0.15) is 6.54 Å². The largest absolute Gasteiger partial charge is 0.459 e. The van der Waals surface area contributed by atoms with Crippen molar-refractivity contribution < 1.29 is 18.8 Å². The first-order valence-corrected chi connectivity index (χ1v) is 10.7. The molecule has 0 aliphatic carbocycles. The molecule has 3 aromatic rings. The second-order valence-corrected chi connectivity index (χ2v) is 7.56. The summed E-state index contributed by atoms with van der Waals surface area (Å²) in [5.41, 5.74) is 1.51. The molecule has 0 aliphatic rings. The second-order valence-electron chi connectivity index (χ2n) is 6.71. The first-order valence-electron chi connectivity index (χ1n) is 9.77. The van der Waals surface area contributed by atoms with Gasteiger partial charge < -0.3 is 20.0 Å². The van der Waals surface area contributed by atoms with Crippen LogP contribution in [0.25, 0.3) is 0 Å². The van der Waals surface area contributed by atoms with Crippen LogP contribution in [-0.4, -0.2) is 45.7 Å². The van der Waals surface area contributed by atoms with Gasteiger partial charge in [0.05, 0.1) is 18.4 Å². The van der Waals surface area contributed by atoms with Crippen LogP contribution in [0.5, 0.6) is 0 Å². The Hall–Kier alpha value is -3.53. The number of carbonyl (C=O) groups excluding carboxylic acids is 3. The molecule has 0 aromatic carbocycles. The summed E-state index contributed by atoms with van der Waals surface area (Å²) in [4.78, 5) is 46.6. The van der Waals surface area contributed by atoms with Gasteiger partial charge in [-0.05, 0) is 36.2 Å². The normalized spacial score (nSPS) is 10.5. The van der Waals surface area contributed by atoms with E-state index in [-0.39, 0.29) is 36.4 Å². The molecule has 0 atom stereocenters. The molecule has 3 heterocycles. The van der Waals surface area contributed by atoms with E-state index in [1.165, 1.54) is 22.5 Å². The third kappa shape index (κ3) is 6.75. The van der Waals surface area contributed by atoms with Gasteiger partial charge in [-0.1, -0.05) is 6.92 Å². The van der Waals surface area contributed by atoms with E-state index in [0.29, 0.717) is 30.3 Å². The molecule has 0 fully saturated rings. The van der Waals surface area contributed by atoms with Crippen molar-refractivity contribution in [2.24, 2.45) is 0 Å². The minimum absolute atomic E-state index is 0.108. The number of aromatic nitrogens is 2. The predicted octanol–water partition coefficient (Wildman–Crippen LogP) is 2.48. The number of hydrogen-bond acceptors (Lipinski definition) is 7. The van der Waals surface area contributed by atoms with Gasteiger partial charge in [-0.25, -0.2) is 4.98 Å². The summed E-state index contributed by atoms with van der Waals surface area (Å²) in [6.45, 7) is 2.64. The highest BCUT2D eigenvalue weighted by Gasteiger charge is 2.21. The Labute approximate surface area is 183 Å². The number of thiazole rings is 1. The van der Waals surface area contributed by atoms with Crippen molar-refractivity contribution in [1.82, 2.24) is 20.2 Å². The van der Waals surface area contributed by atoms with E-state index in [4.69, 9.17) is 4.42 Å². The number of rotatable bonds is 10. The lowest BCUT2D eigenvalue weighted by atomic mass is 10.2. The smallest absolute Gasteiger partial charge is 0.290 e. The lowest BCUT2D eigenvalue weighted by Crippen LogP contribution is -2.38. The van der Waals surface area contributed by atoms with Crippen molar-refractivity contribution in [3.8, 4) is 0 Å². The Morgan fingerprint density at radius 3 is 2.68 bits per heavy atom. The van der Waals surface area contributed by atoms with Gasteiger partial charge in [0.25, 0.3) is 5.91 Å². The zero-order valence-electron chi connectivity index (χ0n) is 17.0. The monoisotopic (exact) mass is 441 g/mol. The lowest BCUT2D eigenvalue weighted by Gasteiger charge is -2.20. The van der Waals surface area contributed by atoms with Crippen molar-refractivity contribution in [3.05, 3.63) is 65.3 Å². The molecule has 0 unspecified atom stereocenters. The van der Waals surface area contributed by atoms with Crippen LogP contribution in [0, 0.1) is 0 Å². The quantitative estimate of drug-likeness (QED) is 0.499. The number of anilines is 1. The van der Waals surface area contributed by atoms with Crippen LogP contribution < -0.4 is 10.6 Å². The van der Waals surface area contributed by atoms with E-state index in [1.54, 1.807) is 29.9 Å². The van der Waals surface area contributed by atoms with Crippen LogP contribution in [0.15, 0.2) is 52.7 Å². The summed E-state index contributed by atoms with van der Waals surface area (Å²) in [6, 6.07) is 6.85. The standard InChI is InChI=1S/C21H23N5O4S/c1-2-9-26(20(29)17-4-3-10-30-17)13-19(28)25-21-24-16(14-31-21)11-18(27)23-12-15-5-7-22-8-6-15/h3-8,10,14H,2,9,11-13H2,1H3,(H,23,27)(H,24,25,28). The summed E-state index contributed by atoms with van der Waals surface area (Å²) >= 11 is 1.23. The van der Waals surface area contributed by atoms with Crippen LogP contribution in [0.1, 0.15) is 35.2 Å². The molecule has 0 aliphatic heterocycles. The molecule has 0 saturated heterocycles. The molecule has 9 nitrogen and oxygen atoms in total. The summed E-state index contributed by atoms with van der Waals surface area (Å²) < 4.78 is 5.14. The van der Waals surface area contributed by atoms with Gasteiger partial charge in [-0.15, -0.1) is 11.3 Å². The minimum Gasteiger partial charge on any atom is -0.459 e. The average molecular weight is 442 g/mol. The van der Waals surface area contributed by atoms with Crippen LogP contribution in [0.3, 0.4) is 0 Å². The summed E-state index contributed by atoms with van der Waals surface area (Å²) in [5, 5.41) is 7.61. The van der Waals surface area contributed by atoms with E-state index >= 15 is 0 Å². The number of nitrogens with one attached hydrogen (secondary N) is 2. The maximum atomic E-state index is 12.5. The highest BCUT2D eigenvalue weighted by atomic mass is 32.1. The van der Waals surface area contributed by atoms with Crippen molar-refractivity contribution >= 4 is 34.2 Å². The van der Waals surface area contributed by atoms with Gasteiger partial charge in [0.2, 0.25) is 11.8 Å². The van der Waals surface area contributed by atoms with Gasteiger partial charge >= 0.3 is 0 Å². The Morgan fingerprint density at radius 2 is 1.97 bits per heavy atom. The molecule has 3 aromatic heterocycles. The van der Waals surface area contributed by atoms with Crippen LogP contribution in [-0.2, 0) is 22.6 Å². The zero-order valence-corrected chi connectivity index (χ0v) is 17.9. The number of furan rings is 1. The third-order valence-corrected chi connectivity index (χ3v) is 5.03. The molecule has 10 heteroatoms. The average Bonchev–Trinajstić information content (AvgIpc) is 3.45. The highest BCUT2D eigenvalue weighted by molar-refractivity contribution is 7.13. The van der Waals surface area contributed by atoms with E-state index < -0.39 is 0 Å². The predicted molar refractivity (Wildman–Crippen MR) is 115 cm³/mol.